The predicted octanol–water partition coefficient (Wildman–Crippen LogP) is 2.95. The average molecular weight is 528 g/mol. The molecule has 11 heteroatoms. The number of nitrogens with one attached hydrogen (secondary N) is 2. The summed E-state index contributed by atoms with van der Waals surface area (Å²) in [5.41, 5.74) is 1.55. The first-order chi connectivity index (χ1) is 17.7. The molecule has 2 aliphatic heterocycles. The topological polar surface area (TPSA) is 117 Å². The highest BCUT2D eigenvalue weighted by atomic mass is 35.5. The van der Waals surface area contributed by atoms with Gasteiger partial charge in [0.05, 0.1) is 48.8 Å². The van der Waals surface area contributed by atoms with Crippen molar-refractivity contribution >= 4 is 56.9 Å². The van der Waals surface area contributed by atoms with Gasteiger partial charge in [0.15, 0.2) is 0 Å². The smallest absolute Gasteiger partial charge is 0.328 e. The molecule has 3 aromatic rings. The molecule has 2 amide bonds. The molecule has 37 heavy (non-hydrogen) atoms. The van der Waals surface area contributed by atoms with Gasteiger partial charge in [0, 0.05) is 35.1 Å². The number of methoxy groups -OCH3 is 1. The molecule has 0 spiro atoms. The number of anilines is 1. The number of nitrogens with zero attached hydrogens (tertiary/aromatic N) is 3. The van der Waals surface area contributed by atoms with E-state index < -0.39 is 23.7 Å². The minimum absolute atomic E-state index is 0.0125. The van der Waals surface area contributed by atoms with Crippen molar-refractivity contribution in [3.05, 3.63) is 35.6 Å². The summed E-state index contributed by atoms with van der Waals surface area (Å²) in [6, 6.07) is 4.13. The lowest BCUT2D eigenvalue weighted by molar-refractivity contribution is -0.156. The number of aromatic amines is 1. The zero-order valence-electron chi connectivity index (χ0n) is 21.0. The molecule has 196 valence electrons. The van der Waals surface area contributed by atoms with Gasteiger partial charge in [-0.2, -0.15) is 0 Å². The monoisotopic (exact) mass is 527 g/mol. The Morgan fingerprint density at radius 3 is 2.86 bits per heavy atom. The largest absolute Gasteiger partial charge is 0.467 e. The Kier molecular flexibility index (Phi) is 6.82. The number of carbonyl (C=O) groups excluding carboxylic acids is 3. The van der Waals surface area contributed by atoms with Crippen LogP contribution in [0.3, 0.4) is 0 Å². The molecular weight excluding hydrogens is 498 g/mol. The van der Waals surface area contributed by atoms with Gasteiger partial charge in [0.1, 0.15) is 12.1 Å². The number of likely N-dealkylation sites (tertiary alicyclic amines) is 1. The van der Waals surface area contributed by atoms with Crippen LogP contribution >= 0.6 is 11.6 Å². The minimum atomic E-state index is -0.712. The van der Waals surface area contributed by atoms with Crippen molar-refractivity contribution in [1.29, 1.82) is 0 Å². The number of benzene rings is 1. The maximum atomic E-state index is 13.6. The molecule has 2 aliphatic rings. The summed E-state index contributed by atoms with van der Waals surface area (Å²) in [5.74, 6) is -0.938. The lowest BCUT2D eigenvalue weighted by Crippen LogP contribution is -2.60. The van der Waals surface area contributed by atoms with Crippen LogP contribution < -0.4 is 5.32 Å². The second kappa shape index (κ2) is 9.92. The van der Waals surface area contributed by atoms with Crippen LogP contribution in [0.5, 0.6) is 0 Å². The van der Waals surface area contributed by atoms with Crippen LogP contribution in [0.4, 0.5) is 5.69 Å². The quantitative estimate of drug-likeness (QED) is 0.490. The molecule has 2 aromatic heterocycles. The number of hydrogen-bond acceptors (Lipinski definition) is 7. The Labute approximate surface area is 219 Å². The number of rotatable bonds is 5. The van der Waals surface area contributed by atoms with Crippen molar-refractivity contribution in [2.75, 3.05) is 38.7 Å². The lowest BCUT2D eigenvalue weighted by Gasteiger charge is -2.43. The molecule has 0 radical (unpaired) electrons. The highest BCUT2D eigenvalue weighted by molar-refractivity contribution is 6.33. The Morgan fingerprint density at radius 2 is 2.08 bits per heavy atom. The van der Waals surface area contributed by atoms with E-state index in [1.165, 1.54) is 7.11 Å². The third-order valence-electron chi connectivity index (χ3n) is 7.08. The zero-order chi connectivity index (χ0) is 26.3. The summed E-state index contributed by atoms with van der Waals surface area (Å²) in [4.78, 5) is 49.9. The Morgan fingerprint density at radius 1 is 1.27 bits per heavy atom. The van der Waals surface area contributed by atoms with Crippen molar-refractivity contribution < 1.29 is 23.9 Å². The highest BCUT2D eigenvalue weighted by Gasteiger charge is 2.41. The molecule has 2 atom stereocenters. The number of morpholine rings is 1. The molecule has 0 aliphatic carbocycles. The van der Waals surface area contributed by atoms with E-state index in [2.05, 4.69) is 15.3 Å². The second-order valence-corrected chi connectivity index (χ2v) is 10.6. The number of esters is 1. The fraction of sp³-hybridized carbons (Fsp3) is 0.462. The first kappa shape index (κ1) is 25.4. The van der Waals surface area contributed by atoms with Gasteiger partial charge in [0.2, 0.25) is 11.8 Å². The fourth-order valence-electron chi connectivity index (χ4n) is 5.31. The summed E-state index contributed by atoms with van der Waals surface area (Å²) in [6.07, 6.45) is 4.73. The van der Waals surface area contributed by atoms with Crippen LogP contribution in [0.25, 0.3) is 21.8 Å². The summed E-state index contributed by atoms with van der Waals surface area (Å²) in [7, 11) is 1.32. The highest BCUT2D eigenvalue weighted by Crippen LogP contribution is 2.33. The fourth-order valence-corrected chi connectivity index (χ4v) is 5.52. The molecule has 2 fully saturated rings. The molecule has 0 saturated carbocycles. The van der Waals surface area contributed by atoms with Gasteiger partial charge in [-0.25, -0.2) is 4.79 Å². The van der Waals surface area contributed by atoms with Crippen molar-refractivity contribution in [1.82, 2.24) is 19.8 Å². The van der Waals surface area contributed by atoms with Gasteiger partial charge >= 0.3 is 5.97 Å². The molecule has 1 aromatic carbocycles. The van der Waals surface area contributed by atoms with Crippen molar-refractivity contribution in [2.45, 2.75) is 44.4 Å². The van der Waals surface area contributed by atoms with E-state index in [0.29, 0.717) is 30.2 Å². The van der Waals surface area contributed by atoms with E-state index in [-0.39, 0.29) is 25.0 Å². The number of amides is 2. The van der Waals surface area contributed by atoms with Crippen LogP contribution in [0.1, 0.15) is 26.7 Å². The van der Waals surface area contributed by atoms with Crippen molar-refractivity contribution in [3.63, 3.8) is 0 Å². The number of H-pyrrole nitrogens is 1. The Bertz CT molecular complexity index is 1370. The van der Waals surface area contributed by atoms with E-state index in [0.717, 1.165) is 28.2 Å². The third-order valence-corrected chi connectivity index (χ3v) is 7.29. The SMILES string of the molecule is COC(=O)[C@H]1CCCN1C(=O)CN1CC(C)(C)OC[C@H]1C(=O)Nc1cc(Cl)cc2c1[nH]c1cnccc12. The van der Waals surface area contributed by atoms with E-state index >= 15 is 0 Å². The van der Waals surface area contributed by atoms with Crippen LogP contribution in [0.2, 0.25) is 5.02 Å². The summed E-state index contributed by atoms with van der Waals surface area (Å²) in [6.45, 7) is 4.80. The number of hydrogen-bond donors (Lipinski definition) is 2. The number of fused-ring (bicyclic) bond motifs is 3. The number of pyridine rings is 1. The van der Waals surface area contributed by atoms with Gasteiger partial charge in [-0.3, -0.25) is 19.5 Å². The number of carbonyl (C=O) groups is 3. The maximum Gasteiger partial charge on any atom is 0.328 e. The van der Waals surface area contributed by atoms with E-state index in [1.54, 1.807) is 23.4 Å². The molecule has 0 bridgehead atoms. The third kappa shape index (κ3) is 5.01. The average Bonchev–Trinajstić information content (AvgIpc) is 3.48. The molecule has 4 heterocycles. The molecule has 2 saturated heterocycles. The zero-order valence-corrected chi connectivity index (χ0v) is 21.8. The first-order valence-electron chi connectivity index (χ1n) is 12.3. The van der Waals surface area contributed by atoms with Gasteiger partial charge in [-0.15, -0.1) is 0 Å². The van der Waals surface area contributed by atoms with Crippen LogP contribution in [-0.4, -0.2) is 88.6 Å². The van der Waals surface area contributed by atoms with Gasteiger partial charge in [-0.1, -0.05) is 11.6 Å². The normalized spacial score (nSPS) is 21.9. The summed E-state index contributed by atoms with van der Waals surface area (Å²) < 4.78 is 10.8. The molecular formula is C26H30ClN5O5. The molecule has 0 unspecified atom stereocenters. The summed E-state index contributed by atoms with van der Waals surface area (Å²) >= 11 is 6.41. The van der Waals surface area contributed by atoms with Crippen LogP contribution in [0.15, 0.2) is 30.6 Å². The molecule has 10 nitrogen and oxygen atoms in total. The molecule has 2 N–H and O–H groups in total. The number of ether oxygens (including phenoxy) is 2. The van der Waals surface area contributed by atoms with Crippen molar-refractivity contribution in [3.8, 4) is 0 Å². The summed E-state index contributed by atoms with van der Waals surface area (Å²) in [5, 5.41) is 5.30. The molecule has 5 rings (SSSR count). The number of halogens is 1. The van der Waals surface area contributed by atoms with Crippen LogP contribution in [0, 0.1) is 0 Å². The number of aromatic nitrogens is 2. The predicted molar refractivity (Wildman–Crippen MR) is 139 cm³/mol. The Hall–Kier alpha value is -3.21. The second-order valence-electron chi connectivity index (χ2n) is 10.2. The van der Waals surface area contributed by atoms with Gasteiger partial charge in [0.25, 0.3) is 0 Å². The van der Waals surface area contributed by atoms with Gasteiger partial charge < -0.3 is 24.7 Å². The van der Waals surface area contributed by atoms with E-state index in [1.807, 2.05) is 30.9 Å². The first-order valence-corrected chi connectivity index (χ1v) is 12.7. The lowest BCUT2D eigenvalue weighted by atomic mass is 10.0. The standard InChI is InChI=1S/C26H30ClN5O5/c1-26(2)14-31(12-22(33)32-8-4-5-20(32)25(35)36-3)21(13-37-26)24(34)30-18-10-15(27)9-17-16-6-7-28-11-19(16)29-23(17)18/h6-7,9-11,20-21,29H,4-5,8,12-14H2,1-3H3,(H,30,34)/t20-,21+/m1/s1. The van der Waals surface area contributed by atoms with Crippen molar-refractivity contribution in [2.24, 2.45) is 0 Å². The minimum Gasteiger partial charge on any atom is -0.467 e. The van der Waals surface area contributed by atoms with E-state index in [9.17, 15) is 14.4 Å². The van der Waals surface area contributed by atoms with E-state index in [4.69, 9.17) is 21.1 Å². The van der Waals surface area contributed by atoms with Crippen LogP contribution in [-0.2, 0) is 23.9 Å². The van der Waals surface area contributed by atoms with Gasteiger partial charge in [-0.05, 0) is 44.9 Å². The Balaban J connectivity index is 1.39. The maximum absolute atomic E-state index is 13.6.